The third-order valence-electron chi connectivity index (χ3n) is 4.05. The molecule has 31 heavy (non-hydrogen) atoms. The Kier molecular flexibility index (Phi) is 6.55. The molecule has 1 amide bonds. The maximum Gasteiger partial charge on any atom is 0.262 e. The molecule has 0 heterocycles. The van der Waals surface area contributed by atoms with Crippen molar-refractivity contribution < 1.29 is 36.3 Å². The van der Waals surface area contributed by atoms with E-state index in [1.807, 2.05) is 0 Å². The molecule has 0 bridgehead atoms. The van der Waals surface area contributed by atoms with Crippen LogP contribution in [0.1, 0.15) is 15.9 Å². The lowest BCUT2D eigenvalue weighted by Crippen LogP contribution is -2.23. The van der Waals surface area contributed by atoms with Gasteiger partial charge >= 0.3 is 0 Å². The number of carbonyl (C=O) groups is 2. The van der Waals surface area contributed by atoms with Gasteiger partial charge in [0.15, 0.2) is 18.1 Å². The van der Waals surface area contributed by atoms with Gasteiger partial charge in [-0.25, -0.2) is 13.2 Å². The Balaban J connectivity index is 1.80. The first kappa shape index (κ1) is 22.2. The van der Waals surface area contributed by atoms with Gasteiger partial charge in [0.1, 0.15) is 0 Å². The molecule has 4 nitrogen and oxygen atoms in total. The second kappa shape index (κ2) is 9.13. The number of amides is 1. The fourth-order valence-electron chi connectivity index (χ4n) is 2.59. The van der Waals surface area contributed by atoms with Gasteiger partial charge in [-0.15, -0.1) is 0 Å². The molecule has 0 saturated heterocycles. The van der Waals surface area contributed by atoms with Crippen LogP contribution in [0.3, 0.4) is 0 Å². The Hall–Kier alpha value is -3.46. The predicted molar refractivity (Wildman–Crippen MR) is 102 cm³/mol. The molecule has 160 valence electrons. The third kappa shape index (κ3) is 4.66. The van der Waals surface area contributed by atoms with E-state index in [0.717, 1.165) is 0 Å². The summed E-state index contributed by atoms with van der Waals surface area (Å²) in [5.74, 6) is -14.3. The minimum absolute atomic E-state index is 0.00395. The number of nitrogens with one attached hydrogen (secondary N) is 1. The molecule has 0 aliphatic carbocycles. The molecular formula is C21H11ClF5NO3. The third-order valence-corrected chi connectivity index (χ3v) is 4.29. The molecule has 3 rings (SSSR count). The van der Waals surface area contributed by atoms with E-state index in [2.05, 4.69) is 10.1 Å². The number of carbonyl (C=O) groups excluding carboxylic acids is 2. The number of benzene rings is 3. The van der Waals surface area contributed by atoms with Crippen molar-refractivity contribution in [3.8, 4) is 5.75 Å². The van der Waals surface area contributed by atoms with E-state index in [1.165, 1.54) is 18.2 Å². The van der Waals surface area contributed by atoms with Crippen LogP contribution in [0, 0.1) is 29.1 Å². The molecule has 0 spiro atoms. The number of ketones is 1. The van der Waals surface area contributed by atoms with Crippen molar-refractivity contribution in [3.05, 3.63) is 93.8 Å². The van der Waals surface area contributed by atoms with Gasteiger partial charge in [-0.2, -0.15) is 8.78 Å². The molecule has 0 fully saturated rings. The summed E-state index contributed by atoms with van der Waals surface area (Å²) in [6.45, 7) is -1.10. The van der Waals surface area contributed by atoms with Crippen LogP contribution in [0.15, 0.2) is 48.5 Å². The molecule has 0 unspecified atom stereocenters. The number of rotatable bonds is 6. The highest BCUT2D eigenvalue weighted by Gasteiger charge is 2.27. The molecule has 0 saturated carbocycles. The first-order valence-electron chi connectivity index (χ1n) is 8.54. The highest BCUT2D eigenvalue weighted by atomic mass is 35.5. The second-order valence-corrected chi connectivity index (χ2v) is 6.56. The average Bonchev–Trinajstić information content (AvgIpc) is 2.77. The summed E-state index contributed by atoms with van der Waals surface area (Å²) < 4.78 is 71.3. The summed E-state index contributed by atoms with van der Waals surface area (Å²) >= 11 is 5.93. The second-order valence-electron chi connectivity index (χ2n) is 6.12. The van der Waals surface area contributed by atoms with E-state index in [1.54, 1.807) is 30.3 Å². The highest BCUT2D eigenvalue weighted by Crippen LogP contribution is 2.29. The number of halogens is 6. The van der Waals surface area contributed by atoms with Crippen molar-refractivity contribution in [1.29, 1.82) is 0 Å². The molecule has 0 radical (unpaired) electrons. The SMILES string of the molecule is O=C(COc1c(F)c(F)c(F)c(F)c1F)Nc1ccc(Cl)cc1C(=O)c1ccccc1. The number of ether oxygens (including phenoxy) is 1. The van der Waals surface area contributed by atoms with Crippen LogP contribution in [0.5, 0.6) is 5.75 Å². The van der Waals surface area contributed by atoms with Gasteiger partial charge in [0.05, 0.1) is 5.69 Å². The lowest BCUT2D eigenvalue weighted by atomic mass is 10.0. The van der Waals surface area contributed by atoms with E-state index in [4.69, 9.17) is 11.6 Å². The van der Waals surface area contributed by atoms with Gasteiger partial charge in [0.2, 0.25) is 29.1 Å². The van der Waals surface area contributed by atoms with Crippen LogP contribution >= 0.6 is 11.6 Å². The molecular weight excluding hydrogens is 445 g/mol. The van der Waals surface area contributed by atoms with Gasteiger partial charge in [0.25, 0.3) is 5.91 Å². The summed E-state index contributed by atoms with van der Waals surface area (Å²) in [6.07, 6.45) is 0. The maximum absolute atomic E-state index is 13.6. The maximum atomic E-state index is 13.6. The topological polar surface area (TPSA) is 55.4 Å². The standard InChI is InChI=1S/C21H11ClF5NO3/c22-11-6-7-13(12(8-11)20(30)10-4-2-1-3-5-10)28-14(29)9-31-21-18(26)16(24)15(23)17(25)19(21)27/h1-8H,9H2,(H,28,29). The highest BCUT2D eigenvalue weighted by molar-refractivity contribution is 6.31. The quantitative estimate of drug-likeness (QED) is 0.238. The zero-order chi connectivity index (χ0) is 22.7. The Morgan fingerprint density at radius 2 is 1.42 bits per heavy atom. The molecule has 1 N–H and O–H groups in total. The Labute approximate surface area is 177 Å². The molecule has 0 aliphatic rings. The average molecular weight is 456 g/mol. The van der Waals surface area contributed by atoms with E-state index >= 15 is 0 Å². The summed E-state index contributed by atoms with van der Waals surface area (Å²) in [5, 5.41) is 2.49. The number of anilines is 1. The first-order valence-corrected chi connectivity index (χ1v) is 8.92. The molecule has 0 aromatic heterocycles. The molecule has 10 heteroatoms. The van der Waals surface area contributed by atoms with Crippen LogP contribution in [-0.2, 0) is 4.79 Å². The van der Waals surface area contributed by atoms with E-state index in [9.17, 15) is 31.5 Å². The summed E-state index contributed by atoms with van der Waals surface area (Å²) in [6, 6.07) is 12.0. The normalized spacial score (nSPS) is 10.6. The van der Waals surface area contributed by atoms with Crippen LogP contribution < -0.4 is 10.1 Å². The fraction of sp³-hybridized carbons (Fsp3) is 0.0476. The zero-order valence-corrected chi connectivity index (χ0v) is 16.1. The Morgan fingerprint density at radius 3 is 2.03 bits per heavy atom. The summed E-state index contributed by atoms with van der Waals surface area (Å²) in [7, 11) is 0. The largest absolute Gasteiger partial charge is 0.477 e. The number of hydrogen-bond donors (Lipinski definition) is 1. The van der Waals surface area contributed by atoms with Crippen LogP contribution in [0.4, 0.5) is 27.6 Å². The molecule has 3 aromatic rings. The first-order chi connectivity index (χ1) is 14.7. The van der Waals surface area contributed by atoms with Crippen molar-refractivity contribution in [2.75, 3.05) is 11.9 Å². The summed E-state index contributed by atoms with van der Waals surface area (Å²) in [5.41, 5.74) is 0.325. The number of hydrogen-bond acceptors (Lipinski definition) is 3. The van der Waals surface area contributed by atoms with Crippen molar-refractivity contribution in [2.24, 2.45) is 0 Å². The van der Waals surface area contributed by atoms with Crippen molar-refractivity contribution in [2.45, 2.75) is 0 Å². The van der Waals surface area contributed by atoms with Crippen molar-refractivity contribution in [1.82, 2.24) is 0 Å². The van der Waals surface area contributed by atoms with E-state index in [-0.39, 0.29) is 16.3 Å². The van der Waals surface area contributed by atoms with Gasteiger partial charge < -0.3 is 10.1 Å². The van der Waals surface area contributed by atoms with Gasteiger partial charge in [-0.1, -0.05) is 41.9 Å². The zero-order valence-electron chi connectivity index (χ0n) is 15.3. The smallest absolute Gasteiger partial charge is 0.262 e. The fourth-order valence-corrected chi connectivity index (χ4v) is 2.77. The van der Waals surface area contributed by atoms with Crippen LogP contribution in [0.25, 0.3) is 0 Å². The molecule has 0 atom stereocenters. The summed E-state index contributed by atoms with van der Waals surface area (Å²) in [4.78, 5) is 24.9. The Morgan fingerprint density at radius 1 is 0.839 bits per heavy atom. The lowest BCUT2D eigenvalue weighted by molar-refractivity contribution is -0.118. The van der Waals surface area contributed by atoms with Crippen LogP contribution in [-0.4, -0.2) is 18.3 Å². The van der Waals surface area contributed by atoms with Crippen LogP contribution in [0.2, 0.25) is 5.02 Å². The molecule has 3 aromatic carbocycles. The van der Waals surface area contributed by atoms with E-state index < -0.39 is 53.1 Å². The predicted octanol–water partition coefficient (Wildman–Crippen LogP) is 5.28. The van der Waals surface area contributed by atoms with Crippen molar-refractivity contribution in [3.63, 3.8) is 0 Å². The van der Waals surface area contributed by atoms with Gasteiger partial charge in [-0.3, -0.25) is 9.59 Å². The van der Waals surface area contributed by atoms with E-state index in [0.29, 0.717) is 5.56 Å². The monoisotopic (exact) mass is 455 g/mol. The minimum atomic E-state index is -2.35. The Bertz CT molecular complexity index is 1140. The minimum Gasteiger partial charge on any atom is -0.477 e. The molecule has 0 aliphatic heterocycles. The van der Waals surface area contributed by atoms with Crippen molar-refractivity contribution >= 4 is 29.0 Å². The van der Waals surface area contributed by atoms with Gasteiger partial charge in [0, 0.05) is 16.1 Å². The van der Waals surface area contributed by atoms with Gasteiger partial charge in [-0.05, 0) is 18.2 Å². The lowest BCUT2D eigenvalue weighted by Gasteiger charge is -2.13.